The molecule has 1 aliphatic carbocycles. The molecular weight excluding hydrogens is 316 g/mol. The second kappa shape index (κ2) is 7.35. The van der Waals surface area contributed by atoms with Gasteiger partial charge in [-0.1, -0.05) is 54.8 Å². The van der Waals surface area contributed by atoms with Crippen molar-refractivity contribution in [3.8, 4) is 0 Å². The molecule has 3 rings (SSSR count). The topological polar surface area (TPSA) is 80.0 Å². The lowest BCUT2D eigenvalue weighted by atomic mass is 9.83. The first-order valence-corrected chi connectivity index (χ1v) is 8.96. The van der Waals surface area contributed by atoms with E-state index in [9.17, 15) is 9.90 Å². The molecule has 2 atom stereocenters. The van der Waals surface area contributed by atoms with Crippen molar-refractivity contribution in [3.05, 3.63) is 47.8 Å². The fourth-order valence-electron chi connectivity index (χ4n) is 3.74. The van der Waals surface area contributed by atoms with E-state index >= 15 is 0 Å². The van der Waals surface area contributed by atoms with E-state index in [0.29, 0.717) is 5.69 Å². The van der Waals surface area contributed by atoms with Gasteiger partial charge in [-0.05, 0) is 25.3 Å². The molecule has 0 spiro atoms. The molecule has 2 N–H and O–H groups in total. The first-order valence-electron chi connectivity index (χ1n) is 8.96. The van der Waals surface area contributed by atoms with Crippen LogP contribution >= 0.6 is 0 Å². The van der Waals surface area contributed by atoms with Crippen LogP contribution in [0.5, 0.6) is 0 Å². The summed E-state index contributed by atoms with van der Waals surface area (Å²) in [4.78, 5) is 11.5. The van der Waals surface area contributed by atoms with Gasteiger partial charge in [-0.2, -0.15) is 0 Å². The van der Waals surface area contributed by atoms with Crippen molar-refractivity contribution in [2.45, 2.75) is 63.6 Å². The largest absolute Gasteiger partial charge is 0.383 e. The average molecular weight is 342 g/mol. The van der Waals surface area contributed by atoms with Crippen LogP contribution in [0, 0.1) is 0 Å². The minimum atomic E-state index is -0.880. The summed E-state index contributed by atoms with van der Waals surface area (Å²) in [6.07, 6.45) is 6.46. The molecule has 6 heteroatoms. The highest BCUT2D eigenvalue weighted by Gasteiger charge is 2.35. The third kappa shape index (κ3) is 3.90. The molecule has 1 heterocycles. The molecule has 0 aliphatic heterocycles. The predicted octanol–water partition coefficient (Wildman–Crippen LogP) is 2.54. The number of benzene rings is 1. The number of amides is 1. The molecule has 2 aromatic rings. The third-order valence-corrected chi connectivity index (χ3v) is 5.00. The first-order chi connectivity index (χ1) is 12.0. The summed E-state index contributed by atoms with van der Waals surface area (Å²) in [5.41, 5.74) is 0.786. The number of aliphatic hydroxyl groups is 1. The van der Waals surface area contributed by atoms with Gasteiger partial charge in [0.15, 0.2) is 0 Å². The van der Waals surface area contributed by atoms with Crippen molar-refractivity contribution < 1.29 is 9.90 Å². The Kier molecular flexibility index (Phi) is 5.18. The zero-order valence-electron chi connectivity index (χ0n) is 14.9. The highest BCUT2D eigenvalue weighted by Crippen LogP contribution is 2.36. The molecule has 0 unspecified atom stereocenters. The van der Waals surface area contributed by atoms with Gasteiger partial charge >= 0.3 is 0 Å². The molecule has 25 heavy (non-hydrogen) atoms. The zero-order chi connectivity index (χ0) is 17.9. The highest BCUT2D eigenvalue weighted by molar-refractivity contribution is 5.73. The lowest BCUT2D eigenvalue weighted by Gasteiger charge is -2.30. The average Bonchev–Trinajstić information content (AvgIpc) is 3.06. The van der Waals surface area contributed by atoms with Crippen LogP contribution in [-0.4, -0.2) is 32.0 Å². The third-order valence-electron chi connectivity index (χ3n) is 5.00. The maximum atomic E-state index is 11.5. The van der Waals surface area contributed by atoms with Crippen molar-refractivity contribution in [2.75, 3.05) is 0 Å². The Hall–Kier alpha value is -2.21. The zero-order valence-corrected chi connectivity index (χ0v) is 14.9. The first kappa shape index (κ1) is 17.6. The normalized spacial score (nSPS) is 19.2. The Morgan fingerprint density at radius 1 is 1.24 bits per heavy atom. The van der Waals surface area contributed by atoms with Gasteiger partial charge in [-0.15, -0.1) is 5.10 Å². The maximum Gasteiger partial charge on any atom is 0.217 e. The predicted molar refractivity (Wildman–Crippen MR) is 94.9 cm³/mol. The van der Waals surface area contributed by atoms with Crippen molar-refractivity contribution >= 4 is 5.91 Å². The second-order valence-corrected chi connectivity index (χ2v) is 7.02. The molecule has 6 nitrogen and oxygen atoms in total. The number of nitrogens with one attached hydrogen (secondary N) is 1. The van der Waals surface area contributed by atoms with Gasteiger partial charge in [0.1, 0.15) is 11.3 Å². The van der Waals surface area contributed by atoms with Gasteiger partial charge in [0.05, 0.1) is 18.3 Å². The van der Waals surface area contributed by atoms with Crippen LogP contribution in [0.1, 0.15) is 63.3 Å². The highest BCUT2D eigenvalue weighted by atomic mass is 16.3. The van der Waals surface area contributed by atoms with Gasteiger partial charge in [-0.25, -0.2) is 4.68 Å². The summed E-state index contributed by atoms with van der Waals surface area (Å²) < 4.78 is 1.76. The van der Waals surface area contributed by atoms with E-state index in [0.717, 1.165) is 37.7 Å². The van der Waals surface area contributed by atoms with Crippen LogP contribution in [0.2, 0.25) is 0 Å². The monoisotopic (exact) mass is 342 g/mol. The quantitative estimate of drug-likeness (QED) is 0.875. The van der Waals surface area contributed by atoms with Gasteiger partial charge in [-0.3, -0.25) is 4.79 Å². The summed E-state index contributed by atoms with van der Waals surface area (Å²) in [5.74, 6) is -0.0836. The van der Waals surface area contributed by atoms with E-state index in [2.05, 4.69) is 15.6 Å². The van der Waals surface area contributed by atoms with E-state index in [1.807, 2.05) is 43.5 Å². The van der Waals surface area contributed by atoms with Gasteiger partial charge in [0, 0.05) is 6.92 Å². The lowest BCUT2D eigenvalue weighted by molar-refractivity contribution is -0.119. The number of carbonyl (C=O) groups excluding carboxylic acids is 1. The van der Waals surface area contributed by atoms with Gasteiger partial charge in [0.2, 0.25) is 5.91 Å². The number of aromatic nitrogens is 3. The molecule has 1 aliphatic rings. The van der Waals surface area contributed by atoms with Crippen molar-refractivity contribution in [2.24, 2.45) is 0 Å². The number of hydrogen-bond donors (Lipinski definition) is 2. The van der Waals surface area contributed by atoms with Crippen LogP contribution in [0.3, 0.4) is 0 Å². The van der Waals surface area contributed by atoms with E-state index in [-0.39, 0.29) is 18.0 Å². The molecule has 1 aromatic heterocycles. The minimum Gasteiger partial charge on any atom is -0.383 e. The Morgan fingerprint density at radius 2 is 1.92 bits per heavy atom. The van der Waals surface area contributed by atoms with Crippen LogP contribution in [0.25, 0.3) is 0 Å². The molecule has 0 radical (unpaired) electrons. The Bertz CT molecular complexity index is 707. The summed E-state index contributed by atoms with van der Waals surface area (Å²) in [6, 6.07) is 9.58. The van der Waals surface area contributed by atoms with E-state index in [1.54, 1.807) is 4.68 Å². The van der Waals surface area contributed by atoms with Crippen LogP contribution in [-0.2, 0) is 10.4 Å². The Morgan fingerprint density at radius 3 is 2.56 bits per heavy atom. The van der Waals surface area contributed by atoms with Crippen LogP contribution in [0.15, 0.2) is 36.5 Å². The number of hydrogen-bond acceptors (Lipinski definition) is 4. The van der Waals surface area contributed by atoms with Gasteiger partial charge < -0.3 is 10.4 Å². The minimum absolute atomic E-state index is 0.0836. The van der Waals surface area contributed by atoms with Crippen molar-refractivity contribution in [3.63, 3.8) is 0 Å². The lowest BCUT2D eigenvalue weighted by Crippen LogP contribution is -2.38. The smallest absolute Gasteiger partial charge is 0.217 e. The summed E-state index contributed by atoms with van der Waals surface area (Å²) in [5, 5.41) is 22.4. The fraction of sp³-hybridized carbons (Fsp3) is 0.526. The van der Waals surface area contributed by atoms with Crippen LogP contribution in [0.4, 0.5) is 0 Å². The summed E-state index contributed by atoms with van der Waals surface area (Å²) in [6.45, 7) is 3.46. The van der Waals surface area contributed by atoms with E-state index < -0.39 is 5.60 Å². The molecule has 1 fully saturated rings. The Labute approximate surface area is 148 Å². The Balaban J connectivity index is 1.92. The standard InChI is InChI=1S/C19H26N4O2/c1-14(20-15(2)24)18(16-9-5-3-6-10-16)23-13-17(21-22-23)19(25)11-7-4-8-12-19/h3,5-6,9-10,13-14,18,25H,4,7-8,11-12H2,1-2H3,(H,20,24)/t14-,18-/m1/s1. The van der Waals surface area contributed by atoms with E-state index in [1.165, 1.54) is 6.92 Å². The van der Waals surface area contributed by atoms with Gasteiger partial charge in [0.25, 0.3) is 0 Å². The number of carbonyl (C=O) groups is 1. The van der Waals surface area contributed by atoms with E-state index in [4.69, 9.17) is 0 Å². The second-order valence-electron chi connectivity index (χ2n) is 7.02. The molecule has 0 bridgehead atoms. The number of rotatable bonds is 5. The van der Waals surface area contributed by atoms with Crippen molar-refractivity contribution in [1.82, 2.24) is 20.3 Å². The van der Waals surface area contributed by atoms with Crippen molar-refractivity contribution in [1.29, 1.82) is 0 Å². The molecule has 1 saturated carbocycles. The maximum absolute atomic E-state index is 11.5. The van der Waals surface area contributed by atoms with Crippen LogP contribution < -0.4 is 5.32 Å². The molecular formula is C19H26N4O2. The number of nitrogens with zero attached hydrogens (tertiary/aromatic N) is 3. The fourth-order valence-corrected chi connectivity index (χ4v) is 3.74. The summed E-state index contributed by atoms with van der Waals surface area (Å²) >= 11 is 0. The SMILES string of the molecule is CC(=O)N[C@H](C)[C@H](c1ccccc1)n1cc(C2(O)CCCCC2)nn1. The molecule has 1 amide bonds. The molecule has 134 valence electrons. The molecule has 1 aromatic carbocycles. The summed E-state index contributed by atoms with van der Waals surface area (Å²) in [7, 11) is 0. The molecule has 0 saturated heterocycles.